The molecule has 0 spiro atoms. The smallest absolute Gasteiger partial charge is 0.422 e. The summed E-state index contributed by atoms with van der Waals surface area (Å²) in [6.07, 6.45) is -3.48. The van der Waals surface area contributed by atoms with Gasteiger partial charge in [0.2, 0.25) is 11.8 Å². The Balaban J connectivity index is 1.89. The summed E-state index contributed by atoms with van der Waals surface area (Å²) in [4.78, 5) is 29.2. The van der Waals surface area contributed by atoms with E-state index >= 15 is 0 Å². The molecule has 0 radical (unpaired) electrons. The van der Waals surface area contributed by atoms with E-state index < -0.39 is 41.5 Å². The molecule has 1 aromatic heterocycles. The fourth-order valence-corrected chi connectivity index (χ4v) is 3.11. The zero-order chi connectivity index (χ0) is 23.5. The van der Waals surface area contributed by atoms with Crippen molar-refractivity contribution in [1.82, 2.24) is 20.5 Å². The van der Waals surface area contributed by atoms with Gasteiger partial charge in [0, 0.05) is 30.9 Å². The van der Waals surface area contributed by atoms with Crippen LogP contribution in [0.15, 0.2) is 30.5 Å². The number of piperazine rings is 1. The van der Waals surface area contributed by atoms with Gasteiger partial charge >= 0.3 is 12.2 Å². The highest BCUT2D eigenvalue weighted by molar-refractivity contribution is 6.31. The molecule has 172 valence electrons. The third kappa shape index (κ3) is 5.75. The van der Waals surface area contributed by atoms with E-state index in [9.17, 15) is 31.5 Å². The number of rotatable bonds is 5. The highest BCUT2D eigenvalue weighted by Crippen LogP contribution is 2.30. The fraction of sp³-hybridized carbons (Fsp3) is 0.316. The highest BCUT2D eigenvalue weighted by Gasteiger charge is 2.30. The van der Waals surface area contributed by atoms with Crippen LogP contribution in [0, 0.1) is 11.6 Å². The van der Waals surface area contributed by atoms with E-state index in [2.05, 4.69) is 20.4 Å². The quantitative estimate of drug-likeness (QED) is 0.511. The molecule has 1 atom stereocenters. The SMILES string of the molecule is O=C1CN(C(=O)N[C@H](c2ccc(OCC(F)(F)F)nc2)c2ccc(F)c(Cl)c2F)CCN1. The van der Waals surface area contributed by atoms with Crippen LogP contribution in [0.1, 0.15) is 17.2 Å². The van der Waals surface area contributed by atoms with Gasteiger partial charge < -0.3 is 20.3 Å². The summed E-state index contributed by atoms with van der Waals surface area (Å²) in [7, 11) is 0. The summed E-state index contributed by atoms with van der Waals surface area (Å²) in [6.45, 7) is -1.37. The molecule has 1 fully saturated rings. The molecule has 1 aliphatic heterocycles. The number of halogens is 6. The summed E-state index contributed by atoms with van der Waals surface area (Å²) in [5.41, 5.74) is -0.0577. The van der Waals surface area contributed by atoms with Gasteiger partial charge in [-0.25, -0.2) is 18.6 Å². The van der Waals surface area contributed by atoms with Gasteiger partial charge in [0.05, 0.1) is 6.04 Å². The van der Waals surface area contributed by atoms with E-state index in [1.54, 1.807) is 0 Å². The number of nitrogens with zero attached hydrogens (tertiary/aromatic N) is 2. The summed E-state index contributed by atoms with van der Waals surface area (Å²) < 4.78 is 69.8. The fourth-order valence-electron chi connectivity index (χ4n) is 2.93. The first-order valence-electron chi connectivity index (χ1n) is 9.16. The predicted octanol–water partition coefficient (Wildman–Crippen LogP) is 3.19. The van der Waals surface area contributed by atoms with Crippen molar-refractivity contribution in [2.75, 3.05) is 26.2 Å². The monoisotopic (exact) mass is 478 g/mol. The van der Waals surface area contributed by atoms with Crippen LogP contribution in [0.5, 0.6) is 5.88 Å². The Morgan fingerprint density at radius 2 is 2.03 bits per heavy atom. The molecule has 0 bridgehead atoms. The second kappa shape index (κ2) is 9.55. The average molecular weight is 479 g/mol. The van der Waals surface area contributed by atoms with Crippen LogP contribution in [-0.4, -0.2) is 54.2 Å². The first-order valence-corrected chi connectivity index (χ1v) is 9.54. The van der Waals surface area contributed by atoms with Crippen molar-refractivity contribution in [2.45, 2.75) is 12.2 Å². The summed E-state index contributed by atoms with van der Waals surface area (Å²) in [5.74, 6) is -2.88. The molecular formula is C19H16ClF5N4O3. The molecule has 32 heavy (non-hydrogen) atoms. The molecule has 0 saturated carbocycles. The number of hydrogen-bond donors (Lipinski definition) is 2. The largest absolute Gasteiger partial charge is 0.468 e. The first-order chi connectivity index (χ1) is 15.0. The minimum absolute atomic E-state index is 0.153. The third-order valence-electron chi connectivity index (χ3n) is 4.45. The van der Waals surface area contributed by atoms with Gasteiger partial charge in [-0.3, -0.25) is 4.79 Å². The van der Waals surface area contributed by atoms with Gasteiger partial charge in [0.25, 0.3) is 0 Å². The van der Waals surface area contributed by atoms with Crippen LogP contribution in [0.3, 0.4) is 0 Å². The molecule has 1 aliphatic rings. The number of aromatic nitrogens is 1. The minimum atomic E-state index is -4.56. The van der Waals surface area contributed by atoms with E-state index in [-0.39, 0.29) is 42.5 Å². The molecular weight excluding hydrogens is 463 g/mol. The number of benzene rings is 1. The maximum absolute atomic E-state index is 14.7. The lowest BCUT2D eigenvalue weighted by Crippen LogP contribution is -2.53. The highest BCUT2D eigenvalue weighted by atomic mass is 35.5. The molecule has 1 aromatic carbocycles. The number of alkyl halides is 3. The van der Waals surface area contributed by atoms with E-state index in [0.29, 0.717) is 0 Å². The van der Waals surface area contributed by atoms with Gasteiger partial charge in [-0.2, -0.15) is 13.2 Å². The van der Waals surface area contributed by atoms with Gasteiger partial charge in [0.15, 0.2) is 6.61 Å². The maximum Gasteiger partial charge on any atom is 0.422 e. The Bertz CT molecular complexity index is 1000. The molecule has 3 rings (SSSR count). The Kier molecular flexibility index (Phi) is 7.02. The van der Waals surface area contributed by atoms with Crippen LogP contribution in [0.25, 0.3) is 0 Å². The Labute approximate surface area is 183 Å². The van der Waals surface area contributed by atoms with Gasteiger partial charge in [0.1, 0.15) is 23.2 Å². The van der Waals surface area contributed by atoms with E-state index in [1.807, 2.05) is 0 Å². The van der Waals surface area contributed by atoms with Gasteiger partial charge in [-0.1, -0.05) is 17.7 Å². The van der Waals surface area contributed by atoms with Crippen molar-refractivity contribution in [3.05, 3.63) is 58.2 Å². The van der Waals surface area contributed by atoms with Crippen LogP contribution >= 0.6 is 11.6 Å². The predicted molar refractivity (Wildman–Crippen MR) is 102 cm³/mol. The molecule has 3 amide bonds. The summed E-state index contributed by atoms with van der Waals surface area (Å²) >= 11 is 5.66. The number of nitrogens with one attached hydrogen (secondary N) is 2. The molecule has 13 heteroatoms. The van der Waals surface area contributed by atoms with Crippen molar-refractivity contribution < 1.29 is 36.3 Å². The zero-order valence-corrected chi connectivity index (χ0v) is 16.9. The molecule has 2 aromatic rings. The second-order valence-electron chi connectivity index (χ2n) is 6.75. The number of urea groups is 1. The van der Waals surface area contributed by atoms with Crippen LogP contribution in [0.2, 0.25) is 5.02 Å². The van der Waals surface area contributed by atoms with Crippen molar-refractivity contribution >= 4 is 23.5 Å². The molecule has 2 N–H and O–H groups in total. The molecule has 1 saturated heterocycles. The van der Waals surface area contributed by atoms with E-state index in [1.165, 1.54) is 11.0 Å². The maximum atomic E-state index is 14.7. The van der Waals surface area contributed by atoms with Crippen LogP contribution in [-0.2, 0) is 4.79 Å². The lowest BCUT2D eigenvalue weighted by Gasteiger charge is -2.29. The molecule has 2 heterocycles. The number of hydrogen-bond acceptors (Lipinski definition) is 4. The summed E-state index contributed by atoms with van der Waals surface area (Å²) in [5, 5.41) is 4.29. The second-order valence-corrected chi connectivity index (χ2v) is 7.13. The first kappa shape index (κ1) is 23.5. The number of ether oxygens (including phenoxy) is 1. The number of carbonyl (C=O) groups is 2. The summed E-state index contributed by atoms with van der Waals surface area (Å²) in [6, 6.07) is 2.39. The molecule has 0 unspecified atom stereocenters. The Morgan fingerprint density at radius 3 is 2.66 bits per heavy atom. The van der Waals surface area contributed by atoms with Crippen molar-refractivity contribution in [3.8, 4) is 5.88 Å². The minimum Gasteiger partial charge on any atom is -0.468 e. The number of amides is 3. The van der Waals surface area contributed by atoms with Crippen molar-refractivity contribution in [2.24, 2.45) is 0 Å². The third-order valence-corrected chi connectivity index (χ3v) is 4.79. The molecule has 0 aliphatic carbocycles. The van der Waals surface area contributed by atoms with Gasteiger partial charge in [-0.05, 0) is 17.7 Å². The van der Waals surface area contributed by atoms with Crippen LogP contribution in [0.4, 0.5) is 26.7 Å². The van der Waals surface area contributed by atoms with Gasteiger partial charge in [-0.15, -0.1) is 0 Å². The van der Waals surface area contributed by atoms with Crippen LogP contribution < -0.4 is 15.4 Å². The van der Waals surface area contributed by atoms with E-state index in [0.717, 1.165) is 24.4 Å². The lowest BCUT2D eigenvalue weighted by atomic mass is 9.99. The zero-order valence-electron chi connectivity index (χ0n) is 16.2. The Hall–Kier alpha value is -3.15. The standard InChI is InChI=1S/C19H16ClF5N4O3/c20-15-12(21)3-2-11(16(15)22)17(28-18(31)29-6-5-26-13(30)8-29)10-1-4-14(27-7-10)32-9-19(23,24)25/h1-4,7,17H,5-6,8-9H2,(H,26,30)(H,28,31)/t17-/m1/s1. The Morgan fingerprint density at radius 1 is 1.28 bits per heavy atom. The molecule has 7 nitrogen and oxygen atoms in total. The number of carbonyl (C=O) groups excluding carboxylic acids is 2. The van der Waals surface area contributed by atoms with E-state index in [4.69, 9.17) is 11.6 Å². The average Bonchev–Trinajstić information content (AvgIpc) is 2.75. The lowest BCUT2D eigenvalue weighted by molar-refractivity contribution is -0.154. The number of pyridine rings is 1. The normalized spacial score (nSPS) is 15.2. The van der Waals surface area contributed by atoms with Crippen molar-refractivity contribution in [1.29, 1.82) is 0 Å². The van der Waals surface area contributed by atoms with Crippen molar-refractivity contribution in [3.63, 3.8) is 0 Å². The topological polar surface area (TPSA) is 83.6 Å².